The average molecular weight is 288 g/mol. The van der Waals surface area contributed by atoms with E-state index in [0.29, 0.717) is 17.1 Å². The molecule has 1 atom stereocenters. The lowest BCUT2D eigenvalue weighted by atomic mass is 10.2. The van der Waals surface area contributed by atoms with Gasteiger partial charge in [-0.25, -0.2) is 8.42 Å². The Morgan fingerprint density at radius 3 is 2.72 bits per heavy atom. The molecule has 1 aliphatic rings. The summed E-state index contributed by atoms with van der Waals surface area (Å²) in [6.07, 6.45) is 0.736. The molecule has 0 N–H and O–H groups in total. The molecular weight excluding hydrogens is 274 g/mol. The summed E-state index contributed by atoms with van der Waals surface area (Å²) < 4.78 is 23.0. The third kappa shape index (κ3) is 2.67. The maximum absolute atomic E-state index is 11.5. The molecule has 0 bridgehead atoms. The van der Waals surface area contributed by atoms with Gasteiger partial charge >= 0.3 is 0 Å². The van der Waals surface area contributed by atoms with Crippen molar-refractivity contribution in [1.29, 1.82) is 0 Å². The second-order valence-electron chi connectivity index (χ2n) is 4.49. The molecule has 1 aromatic carbocycles. The standard InChI is InChI=1S/C12H14ClNO3S/c1-9-8-18(16,17)5-4-14(9)12-3-2-10(7-15)6-11(12)13/h2-3,6-7,9H,4-5,8H2,1H3. The number of carbonyl (C=O) groups excluding carboxylic acids is 1. The monoisotopic (exact) mass is 287 g/mol. The second kappa shape index (κ2) is 4.90. The number of halogens is 1. The van der Waals surface area contributed by atoms with Crippen LogP contribution in [-0.4, -0.2) is 38.8 Å². The molecule has 1 aromatic rings. The summed E-state index contributed by atoms with van der Waals surface area (Å²) in [5.74, 6) is 0.280. The molecular formula is C12H14ClNO3S. The van der Waals surface area contributed by atoms with Crippen molar-refractivity contribution in [2.24, 2.45) is 0 Å². The van der Waals surface area contributed by atoms with Gasteiger partial charge in [-0.1, -0.05) is 11.6 Å². The fraction of sp³-hybridized carbons (Fsp3) is 0.417. The number of rotatable bonds is 2. The maximum Gasteiger partial charge on any atom is 0.154 e. The largest absolute Gasteiger partial charge is 0.366 e. The van der Waals surface area contributed by atoms with E-state index in [4.69, 9.17) is 11.6 Å². The van der Waals surface area contributed by atoms with Crippen molar-refractivity contribution < 1.29 is 13.2 Å². The third-order valence-electron chi connectivity index (χ3n) is 3.09. The summed E-state index contributed by atoms with van der Waals surface area (Å²) in [6.45, 7) is 2.30. The van der Waals surface area contributed by atoms with Crippen LogP contribution in [0.15, 0.2) is 18.2 Å². The van der Waals surface area contributed by atoms with E-state index in [0.717, 1.165) is 12.0 Å². The Kier molecular flexibility index (Phi) is 3.64. The van der Waals surface area contributed by atoms with Crippen LogP contribution in [0.5, 0.6) is 0 Å². The van der Waals surface area contributed by atoms with Crippen molar-refractivity contribution in [3.8, 4) is 0 Å². The first-order chi connectivity index (χ1) is 8.43. The Labute approximate surface area is 111 Å². The Bertz CT molecular complexity index is 571. The molecule has 0 amide bonds. The molecule has 98 valence electrons. The van der Waals surface area contributed by atoms with Gasteiger partial charge in [0.05, 0.1) is 22.2 Å². The minimum absolute atomic E-state index is 0.108. The molecule has 2 rings (SSSR count). The highest BCUT2D eigenvalue weighted by Crippen LogP contribution is 2.29. The molecule has 1 aliphatic heterocycles. The van der Waals surface area contributed by atoms with E-state index in [1.807, 2.05) is 11.8 Å². The average Bonchev–Trinajstić information content (AvgIpc) is 2.29. The van der Waals surface area contributed by atoms with Crippen molar-refractivity contribution in [2.75, 3.05) is 23.0 Å². The number of sulfone groups is 1. The maximum atomic E-state index is 11.5. The van der Waals surface area contributed by atoms with Gasteiger partial charge in [-0.05, 0) is 25.1 Å². The van der Waals surface area contributed by atoms with Gasteiger partial charge in [-0.3, -0.25) is 4.79 Å². The van der Waals surface area contributed by atoms with Crippen LogP contribution in [-0.2, 0) is 9.84 Å². The van der Waals surface area contributed by atoms with Crippen LogP contribution >= 0.6 is 11.6 Å². The minimum atomic E-state index is -2.94. The number of anilines is 1. The highest BCUT2D eigenvalue weighted by atomic mass is 35.5. The number of nitrogens with zero attached hydrogens (tertiary/aromatic N) is 1. The third-order valence-corrected chi connectivity index (χ3v) is 5.19. The van der Waals surface area contributed by atoms with E-state index in [1.165, 1.54) is 0 Å². The zero-order valence-electron chi connectivity index (χ0n) is 9.97. The molecule has 18 heavy (non-hydrogen) atoms. The van der Waals surface area contributed by atoms with Crippen LogP contribution in [0.2, 0.25) is 5.02 Å². The lowest BCUT2D eigenvalue weighted by Gasteiger charge is -2.35. The molecule has 1 saturated heterocycles. The number of benzene rings is 1. The Hall–Kier alpha value is -1.07. The van der Waals surface area contributed by atoms with E-state index in [-0.39, 0.29) is 17.5 Å². The molecule has 4 nitrogen and oxygen atoms in total. The van der Waals surface area contributed by atoms with Crippen molar-refractivity contribution in [3.05, 3.63) is 28.8 Å². The van der Waals surface area contributed by atoms with Crippen molar-refractivity contribution in [2.45, 2.75) is 13.0 Å². The first-order valence-corrected chi connectivity index (χ1v) is 7.85. The van der Waals surface area contributed by atoms with Crippen LogP contribution in [0.25, 0.3) is 0 Å². The van der Waals surface area contributed by atoms with Gasteiger partial charge in [0.25, 0.3) is 0 Å². The number of hydrogen-bond acceptors (Lipinski definition) is 4. The molecule has 1 heterocycles. The van der Waals surface area contributed by atoms with Crippen LogP contribution in [0.3, 0.4) is 0 Å². The SMILES string of the molecule is CC1CS(=O)(=O)CCN1c1ccc(C=O)cc1Cl. The molecule has 1 fully saturated rings. The normalized spacial score (nSPS) is 22.8. The van der Waals surface area contributed by atoms with Gasteiger partial charge in [-0.15, -0.1) is 0 Å². The first kappa shape index (κ1) is 13.4. The minimum Gasteiger partial charge on any atom is -0.366 e. The van der Waals surface area contributed by atoms with Gasteiger partial charge in [0.2, 0.25) is 0 Å². The van der Waals surface area contributed by atoms with Crippen LogP contribution in [0, 0.1) is 0 Å². The van der Waals surface area contributed by atoms with Gasteiger partial charge in [0.15, 0.2) is 9.84 Å². The fourth-order valence-corrected chi connectivity index (χ4v) is 4.04. The van der Waals surface area contributed by atoms with Gasteiger partial charge in [0, 0.05) is 18.2 Å². The molecule has 0 radical (unpaired) electrons. The first-order valence-electron chi connectivity index (χ1n) is 5.65. The summed E-state index contributed by atoms with van der Waals surface area (Å²) in [5.41, 5.74) is 1.30. The number of hydrogen-bond donors (Lipinski definition) is 0. The summed E-state index contributed by atoms with van der Waals surface area (Å²) in [6, 6.07) is 4.94. The van der Waals surface area contributed by atoms with Crippen molar-refractivity contribution >= 4 is 33.4 Å². The second-order valence-corrected chi connectivity index (χ2v) is 7.12. The lowest BCUT2D eigenvalue weighted by Crippen LogP contribution is -2.47. The summed E-state index contributed by atoms with van der Waals surface area (Å²) >= 11 is 6.13. The van der Waals surface area contributed by atoms with Gasteiger partial charge < -0.3 is 4.90 Å². The summed E-state index contributed by atoms with van der Waals surface area (Å²) in [4.78, 5) is 12.6. The fourth-order valence-electron chi connectivity index (χ4n) is 2.19. The van der Waals surface area contributed by atoms with E-state index in [1.54, 1.807) is 18.2 Å². The van der Waals surface area contributed by atoms with E-state index in [2.05, 4.69) is 0 Å². The molecule has 0 saturated carbocycles. The lowest BCUT2D eigenvalue weighted by molar-refractivity contribution is 0.112. The van der Waals surface area contributed by atoms with E-state index in [9.17, 15) is 13.2 Å². The van der Waals surface area contributed by atoms with Crippen LogP contribution in [0.1, 0.15) is 17.3 Å². The topological polar surface area (TPSA) is 54.5 Å². The van der Waals surface area contributed by atoms with E-state index >= 15 is 0 Å². The Morgan fingerprint density at radius 1 is 1.44 bits per heavy atom. The molecule has 1 unspecified atom stereocenters. The number of carbonyl (C=O) groups is 1. The predicted octanol–water partition coefficient (Wildman–Crippen LogP) is 1.78. The zero-order chi connectivity index (χ0) is 13.3. The summed E-state index contributed by atoms with van der Waals surface area (Å²) in [7, 11) is -2.94. The van der Waals surface area contributed by atoms with Crippen LogP contribution in [0.4, 0.5) is 5.69 Å². The summed E-state index contributed by atoms with van der Waals surface area (Å²) in [5, 5.41) is 0.478. The molecule has 0 spiro atoms. The molecule has 0 aromatic heterocycles. The van der Waals surface area contributed by atoms with Gasteiger partial charge in [0.1, 0.15) is 6.29 Å². The van der Waals surface area contributed by atoms with Crippen molar-refractivity contribution in [1.82, 2.24) is 0 Å². The van der Waals surface area contributed by atoms with Gasteiger partial charge in [-0.2, -0.15) is 0 Å². The highest BCUT2D eigenvalue weighted by molar-refractivity contribution is 7.91. The smallest absolute Gasteiger partial charge is 0.154 e. The van der Waals surface area contributed by atoms with Crippen molar-refractivity contribution in [3.63, 3.8) is 0 Å². The molecule has 0 aliphatic carbocycles. The predicted molar refractivity (Wildman–Crippen MR) is 72.3 cm³/mol. The van der Waals surface area contributed by atoms with E-state index < -0.39 is 9.84 Å². The molecule has 6 heteroatoms. The zero-order valence-corrected chi connectivity index (χ0v) is 11.5. The van der Waals surface area contributed by atoms with Crippen LogP contribution < -0.4 is 4.90 Å². The Morgan fingerprint density at radius 2 is 2.17 bits per heavy atom. The quantitative estimate of drug-likeness (QED) is 0.778. The highest BCUT2D eigenvalue weighted by Gasteiger charge is 2.29. The number of aldehydes is 1. The Balaban J connectivity index is 2.30.